The first kappa shape index (κ1) is 13.8. The van der Waals surface area contributed by atoms with Crippen LogP contribution < -0.4 is 10.6 Å². The number of amides is 2. The van der Waals surface area contributed by atoms with Gasteiger partial charge in [0.15, 0.2) is 0 Å². The number of thiophene rings is 1. The summed E-state index contributed by atoms with van der Waals surface area (Å²) < 4.78 is 6.52. The summed E-state index contributed by atoms with van der Waals surface area (Å²) in [5, 5.41) is 5.71. The maximum absolute atomic E-state index is 11.6. The molecule has 2 rings (SSSR count). The first-order chi connectivity index (χ1) is 8.63. The third-order valence-corrected chi connectivity index (χ3v) is 4.94. The molecule has 0 bridgehead atoms. The number of nitrogens with one attached hydrogen (secondary N) is 2. The van der Waals surface area contributed by atoms with Crippen LogP contribution in [0.3, 0.4) is 0 Å². The van der Waals surface area contributed by atoms with Gasteiger partial charge in [0, 0.05) is 18.5 Å². The average Bonchev–Trinajstić information content (AvgIpc) is 2.72. The molecule has 100 valence electrons. The fourth-order valence-electron chi connectivity index (χ4n) is 1.94. The number of methoxy groups -OCH3 is 1. The standard InChI is InChI=1S/C12H17BrN2O2S/c1-17-12(5-2-6-12)8-15-11(16)14-7-9-3-4-10(13)18-9/h3-4H,2,5-8H2,1H3,(H2,14,15,16). The van der Waals surface area contributed by atoms with Crippen molar-refractivity contribution in [3.05, 3.63) is 20.8 Å². The molecule has 0 radical (unpaired) electrons. The Morgan fingerprint density at radius 3 is 2.78 bits per heavy atom. The van der Waals surface area contributed by atoms with E-state index in [1.165, 1.54) is 6.42 Å². The normalized spacial score (nSPS) is 17.0. The first-order valence-corrected chi connectivity index (χ1v) is 7.56. The van der Waals surface area contributed by atoms with Crippen molar-refractivity contribution in [1.82, 2.24) is 10.6 Å². The van der Waals surface area contributed by atoms with Gasteiger partial charge in [0.2, 0.25) is 0 Å². The van der Waals surface area contributed by atoms with Gasteiger partial charge in [-0.1, -0.05) is 0 Å². The number of hydrogen-bond acceptors (Lipinski definition) is 3. The maximum Gasteiger partial charge on any atom is 0.315 e. The van der Waals surface area contributed by atoms with E-state index in [0.29, 0.717) is 13.1 Å². The largest absolute Gasteiger partial charge is 0.376 e. The molecular weight excluding hydrogens is 316 g/mol. The lowest BCUT2D eigenvalue weighted by Gasteiger charge is -2.40. The van der Waals surface area contributed by atoms with Gasteiger partial charge in [0.05, 0.1) is 15.9 Å². The Hall–Kier alpha value is -0.590. The SMILES string of the molecule is COC1(CNC(=O)NCc2ccc(Br)s2)CCC1. The molecule has 0 saturated heterocycles. The highest BCUT2D eigenvalue weighted by Gasteiger charge is 2.37. The minimum Gasteiger partial charge on any atom is -0.376 e. The molecule has 2 amide bonds. The molecule has 4 nitrogen and oxygen atoms in total. The van der Waals surface area contributed by atoms with Gasteiger partial charge in [-0.2, -0.15) is 0 Å². The molecular formula is C12H17BrN2O2S. The molecule has 6 heteroatoms. The molecule has 2 N–H and O–H groups in total. The fraction of sp³-hybridized carbons (Fsp3) is 0.583. The molecule has 1 fully saturated rings. The molecule has 1 aliphatic rings. The summed E-state index contributed by atoms with van der Waals surface area (Å²) in [6.45, 7) is 1.14. The Morgan fingerprint density at radius 2 is 2.28 bits per heavy atom. The van der Waals surface area contributed by atoms with Crippen LogP contribution in [0.4, 0.5) is 4.79 Å². The van der Waals surface area contributed by atoms with Gasteiger partial charge in [-0.15, -0.1) is 11.3 Å². The van der Waals surface area contributed by atoms with E-state index in [1.807, 2.05) is 12.1 Å². The summed E-state index contributed by atoms with van der Waals surface area (Å²) in [5.74, 6) is 0. The lowest BCUT2D eigenvalue weighted by molar-refractivity contribution is -0.0673. The van der Waals surface area contributed by atoms with E-state index < -0.39 is 0 Å². The second-order valence-electron chi connectivity index (χ2n) is 4.48. The van der Waals surface area contributed by atoms with Gasteiger partial charge in [0.25, 0.3) is 0 Å². The zero-order valence-corrected chi connectivity index (χ0v) is 12.7. The number of hydrogen-bond donors (Lipinski definition) is 2. The third-order valence-electron chi connectivity index (χ3n) is 3.32. The minimum atomic E-state index is -0.136. The van der Waals surface area contributed by atoms with E-state index in [2.05, 4.69) is 26.6 Å². The van der Waals surface area contributed by atoms with Crippen molar-refractivity contribution in [3.63, 3.8) is 0 Å². The molecule has 1 aliphatic carbocycles. The van der Waals surface area contributed by atoms with Crippen LogP contribution in [0.2, 0.25) is 0 Å². The predicted molar refractivity (Wildman–Crippen MR) is 75.8 cm³/mol. The molecule has 1 aromatic heterocycles. The van der Waals surface area contributed by atoms with E-state index in [9.17, 15) is 4.79 Å². The van der Waals surface area contributed by atoms with Gasteiger partial charge in [-0.25, -0.2) is 4.79 Å². The first-order valence-electron chi connectivity index (χ1n) is 5.95. The minimum absolute atomic E-state index is 0.122. The van der Waals surface area contributed by atoms with E-state index in [-0.39, 0.29) is 11.6 Å². The Balaban J connectivity index is 1.69. The highest BCUT2D eigenvalue weighted by molar-refractivity contribution is 9.11. The Kier molecular flexibility index (Phi) is 4.64. The van der Waals surface area contributed by atoms with Crippen molar-refractivity contribution in [2.45, 2.75) is 31.4 Å². The molecule has 1 saturated carbocycles. The summed E-state index contributed by atoms with van der Waals surface area (Å²) in [5.41, 5.74) is -0.122. The Morgan fingerprint density at radius 1 is 1.50 bits per heavy atom. The number of carbonyl (C=O) groups is 1. The molecule has 1 heterocycles. The van der Waals surface area contributed by atoms with Crippen LogP contribution in [0.1, 0.15) is 24.1 Å². The van der Waals surface area contributed by atoms with Crippen molar-refractivity contribution in [2.75, 3.05) is 13.7 Å². The molecule has 1 aromatic rings. The van der Waals surface area contributed by atoms with E-state index in [1.54, 1.807) is 18.4 Å². The van der Waals surface area contributed by atoms with E-state index in [0.717, 1.165) is 21.5 Å². The summed E-state index contributed by atoms with van der Waals surface area (Å²) in [7, 11) is 1.71. The lowest BCUT2D eigenvalue weighted by Crippen LogP contribution is -2.51. The van der Waals surface area contributed by atoms with Gasteiger partial charge in [-0.05, 0) is 47.3 Å². The smallest absolute Gasteiger partial charge is 0.315 e. The summed E-state index contributed by atoms with van der Waals surface area (Å²) in [6, 6.07) is 3.84. The zero-order valence-electron chi connectivity index (χ0n) is 10.3. The highest BCUT2D eigenvalue weighted by Crippen LogP contribution is 2.34. The van der Waals surface area contributed by atoms with E-state index in [4.69, 9.17) is 4.74 Å². The Labute approximate surface area is 119 Å². The third kappa shape index (κ3) is 3.46. The predicted octanol–water partition coefficient (Wildman–Crippen LogP) is 2.88. The number of urea groups is 1. The molecule has 0 aliphatic heterocycles. The molecule has 18 heavy (non-hydrogen) atoms. The zero-order chi connectivity index (χ0) is 13.0. The number of rotatable bonds is 5. The fourth-order valence-corrected chi connectivity index (χ4v) is 3.37. The van der Waals surface area contributed by atoms with Crippen LogP contribution in [-0.2, 0) is 11.3 Å². The second kappa shape index (κ2) is 6.04. The van der Waals surface area contributed by atoms with Gasteiger partial charge in [0.1, 0.15) is 0 Å². The summed E-state index contributed by atoms with van der Waals surface area (Å²) in [6.07, 6.45) is 3.24. The molecule has 0 atom stereocenters. The van der Waals surface area contributed by atoms with E-state index >= 15 is 0 Å². The van der Waals surface area contributed by atoms with Crippen LogP contribution in [0.15, 0.2) is 15.9 Å². The van der Waals surface area contributed by atoms with Gasteiger partial charge < -0.3 is 15.4 Å². The Bertz CT molecular complexity index is 412. The summed E-state index contributed by atoms with van der Waals surface area (Å²) >= 11 is 5.02. The van der Waals surface area contributed by atoms with Crippen LogP contribution in [0.25, 0.3) is 0 Å². The summed E-state index contributed by atoms with van der Waals surface area (Å²) in [4.78, 5) is 12.8. The van der Waals surface area contributed by atoms with Crippen molar-refractivity contribution in [1.29, 1.82) is 0 Å². The molecule has 0 aromatic carbocycles. The second-order valence-corrected chi connectivity index (χ2v) is 7.03. The van der Waals surface area contributed by atoms with Crippen molar-refractivity contribution >= 4 is 33.3 Å². The molecule has 0 unspecified atom stereocenters. The highest BCUT2D eigenvalue weighted by atomic mass is 79.9. The van der Waals surface area contributed by atoms with Crippen LogP contribution >= 0.6 is 27.3 Å². The molecule has 0 spiro atoms. The average molecular weight is 333 g/mol. The van der Waals surface area contributed by atoms with Crippen molar-refractivity contribution in [3.8, 4) is 0 Å². The number of ether oxygens (including phenoxy) is 1. The van der Waals surface area contributed by atoms with Gasteiger partial charge in [-0.3, -0.25) is 0 Å². The van der Waals surface area contributed by atoms with Crippen LogP contribution in [0.5, 0.6) is 0 Å². The van der Waals surface area contributed by atoms with Crippen LogP contribution in [0, 0.1) is 0 Å². The lowest BCUT2D eigenvalue weighted by atomic mass is 9.80. The quantitative estimate of drug-likeness (QED) is 0.871. The maximum atomic E-state index is 11.6. The van der Waals surface area contributed by atoms with Crippen LogP contribution in [-0.4, -0.2) is 25.3 Å². The topological polar surface area (TPSA) is 50.4 Å². The van der Waals surface area contributed by atoms with Crippen molar-refractivity contribution < 1.29 is 9.53 Å². The monoisotopic (exact) mass is 332 g/mol. The van der Waals surface area contributed by atoms with Gasteiger partial charge >= 0.3 is 6.03 Å². The van der Waals surface area contributed by atoms with Crippen molar-refractivity contribution in [2.24, 2.45) is 0 Å². The number of carbonyl (C=O) groups excluding carboxylic acids is 1. The number of halogens is 1.